The molecule has 0 aromatic carbocycles. The highest BCUT2D eigenvalue weighted by Gasteiger charge is 2.29. The lowest BCUT2D eigenvalue weighted by atomic mass is 9.78. The Hall–Kier alpha value is -1.91. The van der Waals surface area contributed by atoms with E-state index in [1.807, 2.05) is 0 Å². The van der Waals surface area contributed by atoms with Crippen LogP contribution in [0.5, 0.6) is 0 Å². The van der Waals surface area contributed by atoms with E-state index >= 15 is 0 Å². The molecule has 5 heteroatoms. The molecule has 1 aromatic heterocycles. The van der Waals surface area contributed by atoms with Crippen LogP contribution in [-0.2, 0) is 0 Å². The van der Waals surface area contributed by atoms with Gasteiger partial charge >= 0.3 is 5.97 Å². The van der Waals surface area contributed by atoms with Gasteiger partial charge in [0.1, 0.15) is 5.69 Å². The Labute approximate surface area is 118 Å². The second-order valence-electron chi connectivity index (χ2n) is 5.55. The maximum absolute atomic E-state index is 12.3. The molecule has 0 radical (unpaired) electrons. The largest absolute Gasteiger partial charge is 0.478 e. The number of carboxylic acid groups (broad SMARTS) is 1. The van der Waals surface area contributed by atoms with Crippen LogP contribution in [0, 0.1) is 11.8 Å². The van der Waals surface area contributed by atoms with E-state index in [0.717, 1.165) is 12.8 Å². The van der Waals surface area contributed by atoms with Crippen molar-refractivity contribution in [3.63, 3.8) is 0 Å². The van der Waals surface area contributed by atoms with Crippen LogP contribution >= 0.6 is 0 Å². The number of carbonyl (C=O) groups is 2. The topological polar surface area (TPSA) is 79.3 Å². The SMILES string of the molecule is CC1CCCC(NC(=O)c2ncccc2C(=O)O)C1C. The van der Waals surface area contributed by atoms with Gasteiger partial charge in [-0.15, -0.1) is 0 Å². The van der Waals surface area contributed by atoms with E-state index in [-0.39, 0.29) is 17.3 Å². The first kappa shape index (κ1) is 14.5. The molecule has 0 aliphatic heterocycles. The van der Waals surface area contributed by atoms with Crippen LogP contribution < -0.4 is 5.32 Å². The number of rotatable bonds is 3. The molecule has 108 valence electrons. The van der Waals surface area contributed by atoms with E-state index in [4.69, 9.17) is 5.11 Å². The molecule has 0 bridgehead atoms. The average molecular weight is 276 g/mol. The number of pyridine rings is 1. The molecule has 2 rings (SSSR count). The van der Waals surface area contributed by atoms with Gasteiger partial charge in [0.05, 0.1) is 5.56 Å². The Bertz CT molecular complexity index is 516. The predicted molar refractivity (Wildman–Crippen MR) is 74.6 cm³/mol. The van der Waals surface area contributed by atoms with Gasteiger partial charge in [-0.2, -0.15) is 0 Å². The number of amides is 1. The van der Waals surface area contributed by atoms with E-state index < -0.39 is 11.9 Å². The quantitative estimate of drug-likeness (QED) is 0.888. The lowest BCUT2D eigenvalue weighted by Gasteiger charge is -2.34. The Morgan fingerprint density at radius 1 is 1.35 bits per heavy atom. The fourth-order valence-electron chi connectivity index (χ4n) is 2.78. The highest BCUT2D eigenvalue weighted by molar-refractivity contribution is 6.03. The van der Waals surface area contributed by atoms with Crippen molar-refractivity contribution in [3.8, 4) is 0 Å². The minimum absolute atomic E-state index is 0.00886. The zero-order valence-electron chi connectivity index (χ0n) is 11.8. The van der Waals surface area contributed by atoms with Gasteiger partial charge in [-0.3, -0.25) is 9.78 Å². The summed E-state index contributed by atoms with van der Waals surface area (Å²) < 4.78 is 0. The molecule has 2 N–H and O–H groups in total. The van der Waals surface area contributed by atoms with Crippen molar-refractivity contribution >= 4 is 11.9 Å². The summed E-state index contributed by atoms with van der Waals surface area (Å²) in [4.78, 5) is 27.3. The summed E-state index contributed by atoms with van der Waals surface area (Å²) in [5, 5.41) is 12.0. The summed E-state index contributed by atoms with van der Waals surface area (Å²) in [5.41, 5.74) is -0.0630. The molecule has 1 heterocycles. The second-order valence-corrected chi connectivity index (χ2v) is 5.55. The molecule has 1 aromatic rings. The van der Waals surface area contributed by atoms with Crippen molar-refractivity contribution in [2.75, 3.05) is 0 Å². The predicted octanol–water partition coefficient (Wildman–Crippen LogP) is 2.33. The Kier molecular flexibility index (Phi) is 4.37. The fourth-order valence-corrected chi connectivity index (χ4v) is 2.78. The number of nitrogens with one attached hydrogen (secondary N) is 1. The standard InChI is InChI=1S/C15H20N2O3/c1-9-5-3-7-12(10(9)2)17-14(18)13-11(15(19)20)6-4-8-16-13/h4,6,8-10,12H,3,5,7H2,1-2H3,(H,17,18)(H,19,20). The summed E-state index contributed by atoms with van der Waals surface area (Å²) >= 11 is 0. The van der Waals surface area contributed by atoms with Crippen molar-refractivity contribution in [1.29, 1.82) is 0 Å². The molecule has 20 heavy (non-hydrogen) atoms. The number of nitrogens with zero attached hydrogens (tertiary/aromatic N) is 1. The maximum Gasteiger partial charge on any atom is 0.338 e. The highest BCUT2D eigenvalue weighted by atomic mass is 16.4. The number of hydrogen-bond acceptors (Lipinski definition) is 3. The van der Waals surface area contributed by atoms with Crippen molar-refractivity contribution in [1.82, 2.24) is 10.3 Å². The van der Waals surface area contributed by atoms with Gasteiger partial charge in [0.15, 0.2) is 0 Å². The third-order valence-corrected chi connectivity index (χ3v) is 4.28. The normalized spacial score (nSPS) is 26.0. The molecule has 3 unspecified atom stereocenters. The van der Waals surface area contributed by atoms with Crippen LogP contribution in [0.3, 0.4) is 0 Å². The summed E-state index contributed by atoms with van der Waals surface area (Å²) in [6, 6.07) is 3.01. The van der Waals surface area contributed by atoms with Crippen LogP contribution in [0.15, 0.2) is 18.3 Å². The van der Waals surface area contributed by atoms with E-state index in [1.165, 1.54) is 24.8 Å². The van der Waals surface area contributed by atoms with Gasteiger partial charge in [-0.1, -0.05) is 26.7 Å². The number of carboxylic acids is 1. The van der Waals surface area contributed by atoms with Crippen molar-refractivity contribution in [2.24, 2.45) is 11.8 Å². The van der Waals surface area contributed by atoms with Crippen molar-refractivity contribution in [3.05, 3.63) is 29.6 Å². The number of aromatic carboxylic acids is 1. The van der Waals surface area contributed by atoms with E-state index in [0.29, 0.717) is 11.8 Å². The van der Waals surface area contributed by atoms with Gasteiger partial charge < -0.3 is 10.4 Å². The second kappa shape index (κ2) is 6.03. The van der Waals surface area contributed by atoms with Gasteiger partial charge in [-0.05, 0) is 30.4 Å². The van der Waals surface area contributed by atoms with Gasteiger partial charge in [-0.25, -0.2) is 4.79 Å². The van der Waals surface area contributed by atoms with Crippen LogP contribution in [0.4, 0.5) is 0 Å². The molecule has 1 aliphatic rings. The summed E-state index contributed by atoms with van der Waals surface area (Å²) in [7, 11) is 0. The van der Waals surface area contributed by atoms with Crippen LogP contribution in [-0.4, -0.2) is 28.0 Å². The number of aromatic nitrogens is 1. The lowest BCUT2D eigenvalue weighted by Crippen LogP contribution is -2.44. The fraction of sp³-hybridized carbons (Fsp3) is 0.533. The molecule has 3 atom stereocenters. The third kappa shape index (κ3) is 2.98. The van der Waals surface area contributed by atoms with Gasteiger partial charge in [0.2, 0.25) is 0 Å². The highest BCUT2D eigenvalue weighted by Crippen LogP contribution is 2.29. The molecular formula is C15H20N2O3. The minimum atomic E-state index is -1.13. The van der Waals surface area contributed by atoms with Crippen LogP contribution in [0.25, 0.3) is 0 Å². The van der Waals surface area contributed by atoms with Gasteiger partial charge in [0.25, 0.3) is 5.91 Å². The smallest absolute Gasteiger partial charge is 0.338 e. The Balaban J connectivity index is 2.14. The number of hydrogen-bond donors (Lipinski definition) is 2. The number of carbonyl (C=O) groups excluding carboxylic acids is 1. The molecule has 0 spiro atoms. The monoisotopic (exact) mass is 276 g/mol. The first-order chi connectivity index (χ1) is 9.50. The first-order valence-electron chi connectivity index (χ1n) is 7.00. The molecule has 1 fully saturated rings. The minimum Gasteiger partial charge on any atom is -0.478 e. The summed E-state index contributed by atoms with van der Waals surface area (Å²) in [6.45, 7) is 4.32. The summed E-state index contributed by atoms with van der Waals surface area (Å²) in [5.74, 6) is -0.566. The van der Waals surface area contributed by atoms with Crippen LogP contribution in [0.2, 0.25) is 0 Å². The molecule has 1 aliphatic carbocycles. The van der Waals surface area contributed by atoms with Crippen molar-refractivity contribution < 1.29 is 14.7 Å². The lowest BCUT2D eigenvalue weighted by molar-refractivity contribution is 0.0688. The Morgan fingerprint density at radius 3 is 2.80 bits per heavy atom. The van der Waals surface area contributed by atoms with Gasteiger partial charge in [0, 0.05) is 12.2 Å². The van der Waals surface area contributed by atoms with E-state index in [2.05, 4.69) is 24.1 Å². The molecular weight excluding hydrogens is 256 g/mol. The van der Waals surface area contributed by atoms with E-state index in [9.17, 15) is 9.59 Å². The third-order valence-electron chi connectivity index (χ3n) is 4.28. The molecule has 1 amide bonds. The van der Waals surface area contributed by atoms with Crippen LogP contribution in [0.1, 0.15) is 54.0 Å². The zero-order chi connectivity index (χ0) is 14.7. The summed E-state index contributed by atoms with van der Waals surface area (Å²) in [6.07, 6.45) is 4.64. The molecule has 0 saturated heterocycles. The zero-order valence-corrected chi connectivity index (χ0v) is 11.8. The van der Waals surface area contributed by atoms with E-state index in [1.54, 1.807) is 0 Å². The molecule has 5 nitrogen and oxygen atoms in total. The Morgan fingerprint density at radius 2 is 2.10 bits per heavy atom. The first-order valence-corrected chi connectivity index (χ1v) is 7.00. The maximum atomic E-state index is 12.3. The average Bonchev–Trinajstić information content (AvgIpc) is 2.43. The van der Waals surface area contributed by atoms with Crippen molar-refractivity contribution in [2.45, 2.75) is 39.2 Å². The molecule has 1 saturated carbocycles.